The minimum absolute atomic E-state index is 0.0333. The number of phenols is 1. The molecule has 2 aliphatic heterocycles. The fraction of sp³-hybridized carbons (Fsp3) is 0.643. The summed E-state index contributed by atoms with van der Waals surface area (Å²) >= 11 is 0. The number of carbonyl (C=O) groups excluding carboxylic acids is 1. The SMILES string of the molecule is CC(C)=CCc1c(OCCCN2CCNCCNCCNCC2)ccc(C(=O)CCc2ccc(OCCCN3CCNCCNCCNCC3)cc2)c1O. The summed E-state index contributed by atoms with van der Waals surface area (Å²) < 4.78 is 12.3. The molecule has 2 aliphatic rings. The Morgan fingerprint density at radius 1 is 0.667 bits per heavy atom. The van der Waals surface area contributed by atoms with Crippen LogP contribution in [0.15, 0.2) is 48.0 Å². The molecule has 2 aromatic rings. The van der Waals surface area contributed by atoms with Crippen LogP contribution in [0.4, 0.5) is 0 Å². The number of nitrogens with one attached hydrogen (secondary N) is 6. The van der Waals surface area contributed by atoms with Gasteiger partial charge in [0.1, 0.15) is 17.2 Å². The van der Waals surface area contributed by atoms with Crippen LogP contribution in [0.25, 0.3) is 0 Å². The third-order valence-electron chi connectivity index (χ3n) is 9.92. The van der Waals surface area contributed by atoms with Crippen LogP contribution in [0.3, 0.4) is 0 Å². The lowest BCUT2D eigenvalue weighted by molar-refractivity contribution is 0.0980. The summed E-state index contributed by atoms with van der Waals surface area (Å²) in [6, 6.07) is 11.6. The highest BCUT2D eigenvalue weighted by Gasteiger charge is 2.19. The number of carbonyl (C=O) groups is 1. The Morgan fingerprint density at radius 2 is 1.15 bits per heavy atom. The van der Waals surface area contributed by atoms with E-state index < -0.39 is 0 Å². The zero-order valence-electron chi connectivity index (χ0n) is 33.3. The summed E-state index contributed by atoms with van der Waals surface area (Å²) in [5.41, 5.74) is 3.24. The first-order valence-corrected chi connectivity index (χ1v) is 20.5. The normalized spacial score (nSPS) is 18.0. The number of ether oxygens (including phenoxy) is 2. The van der Waals surface area contributed by atoms with Crippen molar-refractivity contribution in [2.24, 2.45) is 0 Å². The maximum absolute atomic E-state index is 13.4. The van der Waals surface area contributed by atoms with Crippen LogP contribution < -0.4 is 41.4 Å². The average molecular weight is 751 g/mol. The summed E-state index contributed by atoms with van der Waals surface area (Å²) in [4.78, 5) is 18.4. The first-order valence-electron chi connectivity index (χ1n) is 20.5. The van der Waals surface area contributed by atoms with E-state index in [0.29, 0.717) is 49.4 Å². The minimum Gasteiger partial charge on any atom is -0.507 e. The van der Waals surface area contributed by atoms with Gasteiger partial charge in [-0.1, -0.05) is 23.8 Å². The van der Waals surface area contributed by atoms with Crippen LogP contribution in [-0.2, 0) is 12.8 Å². The number of rotatable bonds is 16. The number of allylic oxidation sites excluding steroid dienone is 2. The molecular weight excluding hydrogens is 681 g/mol. The van der Waals surface area contributed by atoms with Gasteiger partial charge in [0.05, 0.1) is 18.8 Å². The highest BCUT2D eigenvalue weighted by atomic mass is 16.5. The number of Topliss-reactive ketones (excluding diaryl/α,β-unsaturated/α-hetero) is 1. The monoisotopic (exact) mass is 751 g/mol. The third kappa shape index (κ3) is 17.6. The summed E-state index contributed by atoms with van der Waals surface area (Å²) in [6.45, 7) is 23.2. The van der Waals surface area contributed by atoms with Crippen LogP contribution in [-0.4, -0.2) is 152 Å². The number of nitrogens with zero attached hydrogens (tertiary/aromatic N) is 2. The van der Waals surface area contributed by atoms with Crippen molar-refractivity contribution in [2.75, 3.05) is 131 Å². The van der Waals surface area contributed by atoms with E-state index >= 15 is 0 Å². The van der Waals surface area contributed by atoms with E-state index in [9.17, 15) is 9.90 Å². The van der Waals surface area contributed by atoms with Gasteiger partial charge in [-0.15, -0.1) is 0 Å². The smallest absolute Gasteiger partial charge is 0.166 e. The number of hydrogen-bond donors (Lipinski definition) is 7. The van der Waals surface area contributed by atoms with Crippen molar-refractivity contribution in [2.45, 2.75) is 46.0 Å². The van der Waals surface area contributed by atoms with Gasteiger partial charge < -0.3 is 56.3 Å². The molecule has 0 bridgehead atoms. The molecule has 2 fully saturated rings. The van der Waals surface area contributed by atoms with Gasteiger partial charge in [-0.3, -0.25) is 4.79 Å². The number of benzene rings is 2. The average Bonchev–Trinajstić information content (AvgIpc) is 3.16. The molecule has 0 radical (unpaired) electrons. The van der Waals surface area contributed by atoms with Crippen LogP contribution in [0, 0.1) is 0 Å². The molecule has 0 atom stereocenters. The molecule has 12 nitrogen and oxygen atoms in total. The number of aromatic hydroxyl groups is 1. The quantitative estimate of drug-likeness (QED) is 0.0773. The van der Waals surface area contributed by atoms with Crippen molar-refractivity contribution in [3.05, 3.63) is 64.7 Å². The van der Waals surface area contributed by atoms with Gasteiger partial charge in [-0.25, -0.2) is 0 Å². The second-order valence-electron chi connectivity index (χ2n) is 14.6. The topological polar surface area (TPSA) is 134 Å². The summed E-state index contributed by atoms with van der Waals surface area (Å²) in [5, 5.41) is 32.3. The van der Waals surface area contributed by atoms with Gasteiger partial charge >= 0.3 is 0 Å². The van der Waals surface area contributed by atoms with E-state index in [1.54, 1.807) is 6.07 Å². The van der Waals surface area contributed by atoms with Crippen molar-refractivity contribution in [1.29, 1.82) is 0 Å². The maximum Gasteiger partial charge on any atom is 0.166 e. The molecule has 2 aromatic carbocycles. The molecule has 7 N–H and O–H groups in total. The predicted octanol–water partition coefficient (Wildman–Crippen LogP) is 2.42. The van der Waals surface area contributed by atoms with Gasteiger partial charge in [0, 0.05) is 130 Å². The van der Waals surface area contributed by atoms with Crippen LogP contribution in [0.1, 0.15) is 54.6 Å². The van der Waals surface area contributed by atoms with Crippen molar-refractivity contribution in [1.82, 2.24) is 41.7 Å². The maximum atomic E-state index is 13.4. The van der Waals surface area contributed by atoms with Gasteiger partial charge in [-0.05, 0) is 69.4 Å². The molecule has 0 spiro atoms. The van der Waals surface area contributed by atoms with E-state index in [4.69, 9.17) is 9.47 Å². The summed E-state index contributed by atoms with van der Waals surface area (Å²) in [7, 11) is 0. The minimum atomic E-state index is -0.0742. The fourth-order valence-electron chi connectivity index (χ4n) is 6.65. The molecule has 4 rings (SSSR count). The first-order chi connectivity index (χ1) is 26.5. The molecule has 12 heteroatoms. The summed E-state index contributed by atoms with van der Waals surface area (Å²) in [6.07, 6.45) is 5.32. The van der Waals surface area contributed by atoms with E-state index in [1.165, 1.54) is 0 Å². The molecule has 54 heavy (non-hydrogen) atoms. The molecule has 0 aromatic heterocycles. The molecule has 0 amide bonds. The standard InChI is InChI=1S/C42H70N8O4/c1-35(2)5-11-39-41(54-34-4-28-50-31-25-47-21-17-44-18-22-48-26-32-50)14-12-38(42(39)52)40(51)13-8-36-6-9-37(10-7-36)53-33-3-27-49-29-23-45-19-15-43-16-20-46-24-30-49/h5-7,9-10,12,14,43-48,52H,3-4,8,11,13,15-34H2,1-2H3. The lowest BCUT2D eigenvalue weighted by Gasteiger charge is -2.24. The van der Waals surface area contributed by atoms with Crippen LogP contribution in [0.5, 0.6) is 17.2 Å². The third-order valence-corrected chi connectivity index (χ3v) is 9.92. The highest BCUT2D eigenvalue weighted by molar-refractivity contribution is 5.99. The molecule has 302 valence electrons. The van der Waals surface area contributed by atoms with Gasteiger partial charge in [0.15, 0.2) is 5.78 Å². The van der Waals surface area contributed by atoms with Crippen molar-refractivity contribution >= 4 is 5.78 Å². The zero-order valence-corrected chi connectivity index (χ0v) is 33.3. The van der Waals surface area contributed by atoms with Gasteiger partial charge in [-0.2, -0.15) is 0 Å². The number of aryl methyl sites for hydroxylation is 1. The molecular formula is C42H70N8O4. The molecule has 0 aliphatic carbocycles. The second-order valence-corrected chi connectivity index (χ2v) is 14.6. The number of phenolic OH excluding ortho intramolecular Hbond substituents is 1. The Balaban J connectivity index is 1.22. The zero-order chi connectivity index (χ0) is 38.1. The Bertz CT molecular complexity index is 1330. The molecule has 0 unspecified atom stereocenters. The Labute approximate surface area is 325 Å². The summed E-state index contributed by atoms with van der Waals surface area (Å²) in [5.74, 6) is 1.45. The van der Waals surface area contributed by atoms with Crippen molar-refractivity contribution < 1.29 is 19.4 Å². The predicted molar refractivity (Wildman–Crippen MR) is 221 cm³/mol. The molecule has 0 saturated carbocycles. The molecule has 2 saturated heterocycles. The fourth-order valence-corrected chi connectivity index (χ4v) is 6.65. The van der Waals surface area contributed by atoms with Crippen molar-refractivity contribution in [3.63, 3.8) is 0 Å². The lowest BCUT2D eigenvalue weighted by atomic mass is 9.97. The Hall–Kier alpha value is -3.07. The largest absolute Gasteiger partial charge is 0.507 e. The Kier molecular flexibility index (Phi) is 21.6. The van der Waals surface area contributed by atoms with E-state index in [1.807, 2.05) is 44.2 Å². The number of hydrogen-bond acceptors (Lipinski definition) is 12. The van der Waals surface area contributed by atoms with Crippen molar-refractivity contribution in [3.8, 4) is 17.2 Å². The molecule has 2 heterocycles. The highest BCUT2D eigenvalue weighted by Crippen LogP contribution is 2.33. The second kappa shape index (κ2) is 26.7. The van der Waals surface area contributed by atoms with E-state index in [0.717, 1.165) is 148 Å². The van der Waals surface area contributed by atoms with Crippen LogP contribution >= 0.6 is 0 Å². The van der Waals surface area contributed by atoms with E-state index in [-0.39, 0.29) is 11.5 Å². The van der Waals surface area contributed by atoms with Gasteiger partial charge in [0.2, 0.25) is 0 Å². The van der Waals surface area contributed by atoms with Crippen LogP contribution in [0.2, 0.25) is 0 Å². The first kappa shape index (κ1) is 43.7. The van der Waals surface area contributed by atoms with Gasteiger partial charge in [0.25, 0.3) is 0 Å². The number of ketones is 1. The lowest BCUT2D eigenvalue weighted by Crippen LogP contribution is -2.42. The Morgan fingerprint density at radius 3 is 1.65 bits per heavy atom. The van der Waals surface area contributed by atoms with E-state index in [2.05, 4.69) is 47.8 Å².